The summed E-state index contributed by atoms with van der Waals surface area (Å²) in [5.74, 6) is -1.20. The van der Waals surface area contributed by atoms with Crippen LogP contribution in [0, 0.1) is 0 Å². The van der Waals surface area contributed by atoms with Gasteiger partial charge in [0.1, 0.15) is 7.11 Å². The molecule has 0 aliphatic heterocycles. The molecule has 2 aromatic rings. The molecule has 0 unspecified atom stereocenters. The van der Waals surface area contributed by atoms with Gasteiger partial charge in [0.15, 0.2) is 5.69 Å². The first-order valence-corrected chi connectivity index (χ1v) is 4.57. The minimum atomic E-state index is -1.20. The molecular formula is C11H9NO4. The second-order valence-electron chi connectivity index (χ2n) is 3.20. The van der Waals surface area contributed by atoms with Crippen molar-refractivity contribution in [3.8, 4) is 0 Å². The zero-order valence-corrected chi connectivity index (χ0v) is 8.51. The van der Waals surface area contributed by atoms with Crippen LogP contribution in [-0.4, -0.2) is 22.9 Å². The molecule has 0 spiro atoms. The number of benzene rings is 1. The van der Waals surface area contributed by atoms with Crippen LogP contribution in [0.25, 0.3) is 10.8 Å². The molecule has 1 aromatic heterocycles. The van der Waals surface area contributed by atoms with Gasteiger partial charge in [0.25, 0.3) is 5.56 Å². The highest BCUT2D eigenvalue weighted by atomic mass is 16.7. The number of rotatable bonds is 2. The van der Waals surface area contributed by atoms with Crippen molar-refractivity contribution in [2.45, 2.75) is 0 Å². The van der Waals surface area contributed by atoms with E-state index < -0.39 is 11.5 Å². The zero-order chi connectivity index (χ0) is 11.7. The van der Waals surface area contributed by atoms with Gasteiger partial charge in [-0.05, 0) is 17.5 Å². The largest absolute Gasteiger partial charge is 0.476 e. The molecule has 0 atom stereocenters. The number of carboxylic acids is 1. The summed E-state index contributed by atoms with van der Waals surface area (Å²) in [7, 11) is 1.25. The molecule has 2 rings (SSSR count). The van der Waals surface area contributed by atoms with Gasteiger partial charge in [-0.25, -0.2) is 4.79 Å². The van der Waals surface area contributed by atoms with E-state index in [9.17, 15) is 9.59 Å². The van der Waals surface area contributed by atoms with Crippen molar-refractivity contribution < 1.29 is 14.7 Å². The number of aromatic carboxylic acids is 1. The molecule has 0 saturated heterocycles. The predicted molar refractivity (Wildman–Crippen MR) is 57.7 cm³/mol. The fourth-order valence-corrected chi connectivity index (χ4v) is 1.57. The van der Waals surface area contributed by atoms with E-state index in [1.54, 1.807) is 24.3 Å². The SMILES string of the molecule is COn1c(C(=O)O)cc2ccccc2c1=O. The number of nitrogens with zero attached hydrogens (tertiary/aromatic N) is 1. The van der Waals surface area contributed by atoms with E-state index in [2.05, 4.69) is 0 Å². The quantitative estimate of drug-likeness (QED) is 0.809. The average Bonchev–Trinajstić information content (AvgIpc) is 2.29. The number of hydrogen-bond acceptors (Lipinski definition) is 3. The normalized spacial score (nSPS) is 10.3. The number of hydrogen-bond donors (Lipinski definition) is 1. The Balaban J connectivity index is 2.93. The van der Waals surface area contributed by atoms with Crippen molar-refractivity contribution in [2.24, 2.45) is 0 Å². The van der Waals surface area contributed by atoms with Crippen LogP contribution in [0.15, 0.2) is 35.1 Å². The lowest BCUT2D eigenvalue weighted by Gasteiger charge is -2.08. The molecule has 82 valence electrons. The van der Waals surface area contributed by atoms with Crippen LogP contribution in [0.3, 0.4) is 0 Å². The molecule has 5 nitrogen and oxygen atoms in total. The minimum absolute atomic E-state index is 0.189. The summed E-state index contributed by atoms with van der Waals surface area (Å²) in [6, 6.07) is 8.17. The second-order valence-corrected chi connectivity index (χ2v) is 3.20. The van der Waals surface area contributed by atoms with Crippen LogP contribution < -0.4 is 10.4 Å². The molecule has 1 aromatic carbocycles. The van der Waals surface area contributed by atoms with Gasteiger partial charge in [0, 0.05) is 0 Å². The smallest absolute Gasteiger partial charge is 0.356 e. The van der Waals surface area contributed by atoms with Crippen LogP contribution in [0.5, 0.6) is 0 Å². The van der Waals surface area contributed by atoms with E-state index in [4.69, 9.17) is 9.94 Å². The lowest BCUT2D eigenvalue weighted by Crippen LogP contribution is -2.30. The van der Waals surface area contributed by atoms with E-state index in [-0.39, 0.29) is 5.69 Å². The maximum atomic E-state index is 11.9. The molecule has 0 fully saturated rings. The zero-order valence-electron chi connectivity index (χ0n) is 8.51. The maximum absolute atomic E-state index is 11.9. The number of aromatic nitrogens is 1. The van der Waals surface area contributed by atoms with Gasteiger partial charge in [0.2, 0.25) is 0 Å². The highest BCUT2D eigenvalue weighted by Crippen LogP contribution is 2.11. The number of pyridine rings is 1. The van der Waals surface area contributed by atoms with E-state index in [1.807, 2.05) is 0 Å². The van der Waals surface area contributed by atoms with Gasteiger partial charge >= 0.3 is 5.97 Å². The number of fused-ring (bicyclic) bond motifs is 1. The van der Waals surface area contributed by atoms with Crippen molar-refractivity contribution in [3.05, 3.63) is 46.4 Å². The Morgan fingerprint density at radius 1 is 1.38 bits per heavy atom. The van der Waals surface area contributed by atoms with Crippen LogP contribution >= 0.6 is 0 Å². The number of carboxylic acid groups (broad SMARTS) is 1. The van der Waals surface area contributed by atoms with Crippen LogP contribution in [0.2, 0.25) is 0 Å². The van der Waals surface area contributed by atoms with Crippen LogP contribution in [-0.2, 0) is 0 Å². The van der Waals surface area contributed by atoms with Crippen molar-refractivity contribution in [1.82, 2.24) is 4.73 Å². The Labute approximate surface area is 90.5 Å². The summed E-state index contributed by atoms with van der Waals surface area (Å²) >= 11 is 0. The summed E-state index contributed by atoms with van der Waals surface area (Å²) in [6.45, 7) is 0. The lowest BCUT2D eigenvalue weighted by atomic mass is 10.1. The standard InChI is InChI=1S/C11H9NO4/c1-16-12-9(11(14)15)6-7-4-2-3-5-8(7)10(12)13/h2-6H,1H3,(H,14,15). The Morgan fingerprint density at radius 3 is 2.69 bits per heavy atom. The third-order valence-corrected chi connectivity index (χ3v) is 2.29. The summed E-state index contributed by atoms with van der Waals surface area (Å²) in [4.78, 5) is 27.6. The van der Waals surface area contributed by atoms with Gasteiger partial charge < -0.3 is 9.94 Å². The highest BCUT2D eigenvalue weighted by molar-refractivity contribution is 5.92. The van der Waals surface area contributed by atoms with Crippen LogP contribution in [0.1, 0.15) is 10.5 Å². The first-order valence-electron chi connectivity index (χ1n) is 4.57. The maximum Gasteiger partial charge on any atom is 0.356 e. The fraction of sp³-hybridized carbons (Fsp3) is 0.0909. The first-order chi connectivity index (χ1) is 7.65. The topological polar surface area (TPSA) is 68.5 Å². The Kier molecular flexibility index (Phi) is 2.36. The fourth-order valence-electron chi connectivity index (χ4n) is 1.57. The van der Waals surface area contributed by atoms with Crippen molar-refractivity contribution >= 4 is 16.7 Å². The van der Waals surface area contributed by atoms with Gasteiger partial charge in [-0.3, -0.25) is 4.79 Å². The Bertz CT molecular complexity index is 615. The second kappa shape index (κ2) is 3.69. The van der Waals surface area contributed by atoms with Crippen LogP contribution in [0.4, 0.5) is 0 Å². The molecule has 0 aliphatic carbocycles. The van der Waals surface area contributed by atoms with Gasteiger partial charge in [0.05, 0.1) is 5.39 Å². The minimum Gasteiger partial charge on any atom is -0.476 e. The average molecular weight is 219 g/mol. The van der Waals surface area contributed by atoms with Gasteiger partial charge in [-0.2, -0.15) is 0 Å². The molecule has 0 bridgehead atoms. The summed E-state index contributed by atoms with van der Waals surface area (Å²) in [6.07, 6.45) is 0. The highest BCUT2D eigenvalue weighted by Gasteiger charge is 2.14. The third kappa shape index (κ3) is 1.42. The van der Waals surface area contributed by atoms with E-state index in [1.165, 1.54) is 13.2 Å². The van der Waals surface area contributed by atoms with Gasteiger partial charge in [-0.15, -0.1) is 4.73 Å². The predicted octanol–water partition coefficient (Wildman–Crippen LogP) is 0.758. The molecule has 1 N–H and O–H groups in total. The van der Waals surface area contributed by atoms with E-state index in [0.29, 0.717) is 10.8 Å². The van der Waals surface area contributed by atoms with Crippen molar-refractivity contribution in [3.63, 3.8) is 0 Å². The Hall–Kier alpha value is -2.30. The summed E-state index contributed by atoms with van der Waals surface area (Å²) < 4.78 is 0.769. The molecule has 5 heteroatoms. The molecule has 0 radical (unpaired) electrons. The van der Waals surface area contributed by atoms with Crippen molar-refractivity contribution in [1.29, 1.82) is 0 Å². The van der Waals surface area contributed by atoms with Crippen molar-refractivity contribution in [2.75, 3.05) is 7.11 Å². The summed E-state index contributed by atoms with van der Waals surface area (Å²) in [5.41, 5.74) is -0.663. The monoisotopic (exact) mass is 219 g/mol. The third-order valence-electron chi connectivity index (χ3n) is 2.29. The Morgan fingerprint density at radius 2 is 2.06 bits per heavy atom. The molecule has 0 amide bonds. The van der Waals surface area contributed by atoms with E-state index in [0.717, 1.165) is 4.73 Å². The molecule has 0 aliphatic rings. The van der Waals surface area contributed by atoms with Gasteiger partial charge in [-0.1, -0.05) is 18.2 Å². The van der Waals surface area contributed by atoms with E-state index >= 15 is 0 Å². The molecule has 1 heterocycles. The first kappa shape index (κ1) is 10.2. The summed E-state index contributed by atoms with van der Waals surface area (Å²) in [5, 5.41) is 9.95. The lowest BCUT2D eigenvalue weighted by molar-refractivity contribution is 0.0630. The molecular weight excluding hydrogens is 210 g/mol. The number of carbonyl (C=O) groups is 1. The molecule has 16 heavy (non-hydrogen) atoms. The molecule has 0 saturated carbocycles.